The second kappa shape index (κ2) is 5.39. The van der Waals surface area contributed by atoms with Crippen molar-refractivity contribution in [3.8, 4) is 0 Å². The van der Waals surface area contributed by atoms with Gasteiger partial charge in [-0.1, -0.05) is 29.3 Å². The lowest BCUT2D eigenvalue weighted by atomic mass is 10.0. The number of benzene rings is 1. The normalized spacial score (nSPS) is 12.7. The zero-order valence-electron chi connectivity index (χ0n) is 10.6. The summed E-state index contributed by atoms with van der Waals surface area (Å²) >= 11 is 7.58. The lowest BCUT2D eigenvalue weighted by Gasteiger charge is -2.16. The molecule has 0 aliphatic carbocycles. The molecule has 0 aliphatic heterocycles. The number of hydrogen-bond donors (Lipinski definition) is 1. The zero-order valence-corrected chi connectivity index (χ0v) is 12.1. The predicted molar refractivity (Wildman–Crippen MR) is 76.1 cm³/mol. The first-order valence-corrected chi connectivity index (χ1v) is 6.91. The standard InChI is InChI=1S/C14H15ClFNS/c1-8-4-5-11(16)10(6-8)13(17-3)12-7-9(2)14(15)18-12/h4-7,13,17H,1-3H3. The van der Waals surface area contributed by atoms with E-state index in [9.17, 15) is 4.39 Å². The van der Waals surface area contributed by atoms with Crippen molar-refractivity contribution in [2.24, 2.45) is 0 Å². The molecule has 1 nitrogen and oxygen atoms in total. The number of hydrogen-bond acceptors (Lipinski definition) is 2. The Morgan fingerprint density at radius 3 is 2.56 bits per heavy atom. The number of aryl methyl sites for hydroxylation is 2. The minimum atomic E-state index is -0.192. The second-order valence-electron chi connectivity index (χ2n) is 4.35. The van der Waals surface area contributed by atoms with Crippen molar-refractivity contribution >= 4 is 22.9 Å². The molecule has 0 aliphatic rings. The van der Waals surface area contributed by atoms with Crippen molar-refractivity contribution in [1.82, 2.24) is 5.32 Å². The third-order valence-corrected chi connectivity index (χ3v) is 4.53. The molecule has 18 heavy (non-hydrogen) atoms. The van der Waals surface area contributed by atoms with Gasteiger partial charge in [0.2, 0.25) is 0 Å². The van der Waals surface area contributed by atoms with Crippen LogP contribution in [0.4, 0.5) is 4.39 Å². The van der Waals surface area contributed by atoms with Crippen molar-refractivity contribution in [2.75, 3.05) is 7.05 Å². The number of nitrogens with one attached hydrogen (secondary N) is 1. The van der Waals surface area contributed by atoms with Crippen molar-refractivity contribution in [3.05, 3.63) is 56.0 Å². The summed E-state index contributed by atoms with van der Waals surface area (Å²) < 4.78 is 14.7. The van der Waals surface area contributed by atoms with Gasteiger partial charge in [0.25, 0.3) is 0 Å². The quantitative estimate of drug-likeness (QED) is 0.876. The molecule has 1 aromatic carbocycles. The van der Waals surface area contributed by atoms with Crippen LogP contribution < -0.4 is 5.32 Å². The average Bonchev–Trinajstić information content (AvgIpc) is 2.65. The van der Waals surface area contributed by atoms with Crippen LogP contribution in [0.1, 0.15) is 27.6 Å². The third kappa shape index (κ3) is 2.58. The molecule has 2 aromatic rings. The van der Waals surface area contributed by atoms with Crippen molar-refractivity contribution in [2.45, 2.75) is 19.9 Å². The number of halogens is 2. The molecule has 1 N–H and O–H groups in total. The highest BCUT2D eigenvalue weighted by Crippen LogP contribution is 2.34. The Kier molecular flexibility index (Phi) is 4.05. The van der Waals surface area contributed by atoms with Crippen LogP contribution in [0, 0.1) is 19.7 Å². The minimum Gasteiger partial charge on any atom is -0.309 e. The highest BCUT2D eigenvalue weighted by atomic mass is 35.5. The summed E-state index contributed by atoms with van der Waals surface area (Å²) in [6, 6.07) is 7.02. The molecule has 0 saturated carbocycles. The maximum Gasteiger partial charge on any atom is 0.128 e. The van der Waals surface area contributed by atoms with Gasteiger partial charge in [0.05, 0.1) is 10.4 Å². The summed E-state index contributed by atoms with van der Waals surface area (Å²) in [5.41, 5.74) is 2.74. The molecule has 0 amide bonds. The van der Waals surface area contributed by atoms with E-state index in [2.05, 4.69) is 5.32 Å². The maximum absolute atomic E-state index is 13.9. The predicted octanol–water partition coefficient (Wildman–Crippen LogP) is 4.47. The van der Waals surface area contributed by atoms with Gasteiger partial charge in [-0.25, -0.2) is 4.39 Å². The van der Waals surface area contributed by atoms with Gasteiger partial charge in [-0.05, 0) is 38.6 Å². The van der Waals surface area contributed by atoms with E-state index in [0.717, 1.165) is 20.3 Å². The molecule has 1 heterocycles. The molecule has 0 radical (unpaired) electrons. The van der Waals surface area contributed by atoms with Gasteiger partial charge in [0.15, 0.2) is 0 Å². The molecule has 0 bridgehead atoms. The van der Waals surface area contributed by atoms with Crippen LogP contribution >= 0.6 is 22.9 Å². The van der Waals surface area contributed by atoms with E-state index in [1.165, 1.54) is 17.4 Å². The first-order chi connectivity index (χ1) is 8.52. The molecule has 1 aromatic heterocycles. The molecule has 0 saturated heterocycles. The molecule has 96 valence electrons. The van der Waals surface area contributed by atoms with Crippen LogP contribution in [0.25, 0.3) is 0 Å². The van der Waals surface area contributed by atoms with E-state index in [-0.39, 0.29) is 11.9 Å². The van der Waals surface area contributed by atoms with Crippen LogP contribution in [-0.2, 0) is 0 Å². The Morgan fingerprint density at radius 1 is 1.28 bits per heavy atom. The third-order valence-electron chi connectivity index (χ3n) is 2.91. The molecule has 0 spiro atoms. The summed E-state index contributed by atoms with van der Waals surface area (Å²) in [5.74, 6) is -0.192. The first-order valence-electron chi connectivity index (χ1n) is 5.72. The van der Waals surface area contributed by atoms with E-state index >= 15 is 0 Å². The van der Waals surface area contributed by atoms with Crippen LogP contribution in [0.15, 0.2) is 24.3 Å². The molecule has 0 fully saturated rings. The molecule has 1 atom stereocenters. The van der Waals surface area contributed by atoms with Gasteiger partial charge in [-0.3, -0.25) is 0 Å². The fourth-order valence-electron chi connectivity index (χ4n) is 1.96. The van der Waals surface area contributed by atoms with E-state index in [4.69, 9.17) is 11.6 Å². The van der Waals surface area contributed by atoms with Crippen LogP contribution in [0.3, 0.4) is 0 Å². The van der Waals surface area contributed by atoms with Gasteiger partial charge in [0.1, 0.15) is 5.82 Å². The van der Waals surface area contributed by atoms with Gasteiger partial charge >= 0.3 is 0 Å². The lowest BCUT2D eigenvalue weighted by Crippen LogP contribution is -2.18. The first kappa shape index (κ1) is 13.5. The number of rotatable bonds is 3. The minimum absolute atomic E-state index is 0.152. The van der Waals surface area contributed by atoms with Crippen molar-refractivity contribution in [3.63, 3.8) is 0 Å². The van der Waals surface area contributed by atoms with E-state index in [0.29, 0.717) is 5.56 Å². The fraction of sp³-hybridized carbons (Fsp3) is 0.286. The Morgan fingerprint density at radius 2 is 2.00 bits per heavy atom. The molecular weight excluding hydrogens is 269 g/mol. The Bertz CT molecular complexity index is 545. The Labute approximate surface area is 116 Å². The Balaban J connectivity index is 2.48. The van der Waals surface area contributed by atoms with Gasteiger partial charge in [-0.15, -0.1) is 11.3 Å². The van der Waals surface area contributed by atoms with Gasteiger partial charge < -0.3 is 5.32 Å². The fourth-order valence-corrected chi connectivity index (χ4v) is 3.31. The van der Waals surface area contributed by atoms with E-state index in [1.54, 1.807) is 6.07 Å². The number of thiophene rings is 1. The van der Waals surface area contributed by atoms with Gasteiger partial charge in [-0.2, -0.15) is 0 Å². The highest BCUT2D eigenvalue weighted by molar-refractivity contribution is 7.16. The monoisotopic (exact) mass is 283 g/mol. The summed E-state index contributed by atoms with van der Waals surface area (Å²) in [7, 11) is 1.83. The molecular formula is C14H15ClFNS. The van der Waals surface area contributed by atoms with Crippen LogP contribution in [0.5, 0.6) is 0 Å². The van der Waals surface area contributed by atoms with Crippen LogP contribution in [-0.4, -0.2) is 7.05 Å². The zero-order chi connectivity index (χ0) is 13.3. The second-order valence-corrected chi connectivity index (χ2v) is 6.04. The Hall–Kier alpha value is -0.900. The largest absolute Gasteiger partial charge is 0.309 e. The van der Waals surface area contributed by atoms with E-state index < -0.39 is 0 Å². The van der Waals surface area contributed by atoms with E-state index in [1.807, 2.05) is 33.0 Å². The van der Waals surface area contributed by atoms with Gasteiger partial charge in [0, 0.05) is 10.4 Å². The summed E-state index contributed by atoms with van der Waals surface area (Å²) in [4.78, 5) is 1.03. The van der Waals surface area contributed by atoms with Crippen molar-refractivity contribution < 1.29 is 4.39 Å². The highest BCUT2D eigenvalue weighted by Gasteiger charge is 2.19. The molecule has 1 unspecified atom stereocenters. The summed E-state index contributed by atoms with van der Waals surface area (Å²) in [6.07, 6.45) is 0. The molecule has 2 rings (SSSR count). The van der Waals surface area contributed by atoms with Crippen molar-refractivity contribution in [1.29, 1.82) is 0 Å². The molecule has 4 heteroatoms. The topological polar surface area (TPSA) is 12.0 Å². The maximum atomic E-state index is 13.9. The SMILES string of the molecule is CNC(c1cc(C)c(Cl)s1)c1cc(C)ccc1F. The summed E-state index contributed by atoms with van der Waals surface area (Å²) in [5, 5.41) is 3.16. The smallest absolute Gasteiger partial charge is 0.128 e. The average molecular weight is 284 g/mol. The summed E-state index contributed by atoms with van der Waals surface area (Å²) in [6.45, 7) is 3.92. The lowest BCUT2D eigenvalue weighted by molar-refractivity contribution is 0.578. The van der Waals surface area contributed by atoms with Crippen LogP contribution in [0.2, 0.25) is 4.34 Å².